The fourth-order valence-corrected chi connectivity index (χ4v) is 3.12. The average molecular weight is 410 g/mol. The molecule has 0 N–H and O–H groups in total. The Labute approximate surface area is 174 Å². The molecule has 0 fully saturated rings. The zero-order chi connectivity index (χ0) is 19.9. The van der Waals surface area contributed by atoms with Gasteiger partial charge in [-0.3, -0.25) is 0 Å². The van der Waals surface area contributed by atoms with Gasteiger partial charge in [0.2, 0.25) is 0 Å². The molecule has 28 heavy (non-hydrogen) atoms. The molecule has 0 bridgehead atoms. The third-order valence-corrected chi connectivity index (χ3v) is 4.69. The molecule has 0 amide bonds. The Balaban J connectivity index is 1.82. The van der Waals surface area contributed by atoms with E-state index in [1.807, 2.05) is 60.7 Å². The van der Waals surface area contributed by atoms with E-state index in [9.17, 15) is 5.26 Å². The van der Waals surface area contributed by atoms with Gasteiger partial charge in [-0.15, -0.1) is 0 Å². The van der Waals surface area contributed by atoms with E-state index >= 15 is 0 Å². The molecule has 140 valence electrons. The molecule has 0 saturated heterocycles. The predicted octanol–water partition coefficient (Wildman–Crippen LogP) is 6.65. The fraction of sp³-hybridized carbons (Fsp3) is 0.0870. The van der Waals surface area contributed by atoms with Gasteiger partial charge >= 0.3 is 0 Å². The minimum Gasteiger partial charge on any atom is -0.493 e. The van der Waals surface area contributed by atoms with E-state index in [1.165, 1.54) is 0 Å². The third kappa shape index (κ3) is 4.86. The highest BCUT2D eigenvalue weighted by molar-refractivity contribution is 6.35. The Bertz CT molecular complexity index is 1040. The quantitative estimate of drug-likeness (QED) is 0.338. The molecular weight excluding hydrogens is 393 g/mol. The van der Waals surface area contributed by atoms with Crippen LogP contribution >= 0.6 is 23.2 Å². The van der Waals surface area contributed by atoms with Gasteiger partial charge in [-0.25, -0.2) is 0 Å². The molecule has 0 saturated carbocycles. The van der Waals surface area contributed by atoms with Gasteiger partial charge in [-0.2, -0.15) is 5.26 Å². The zero-order valence-corrected chi connectivity index (χ0v) is 16.7. The van der Waals surface area contributed by atoms with E-state index in [0.29, 0.717) is 27.1 Å². The Morgan fingerprint density at radius 1 is 1.00 bits per heavy atom. The van der Waals surface area contributed by atoms with Gasteiger partial charge in [-0.05, 0) is 41.5 Å². The highest BCUT2D eigenvalue weighted by Gasteiger charge is 2.09. The largest absolute Gasteiger partial charge is 0.493 e. The lowest BCUT2D eigenvalue weighted by molar-refractivity contribution is 0.284. The molecule has 3 rings (SSSR count). The third-order valence-electron chi connectivity index (χ3n) is 4.10. The number of nitrogens with zero attached hydrogens (tertiary/aromatic N) is 1. The molecule has 0 radical (unpaired) electrons. The Hall–Kier alpha value is -2.93. The van der Waals surface area contributed by atoms with Crippen molar-refractivity contribution in [2.75, 3.05) is 7.11 Å². The van der Waals surface area contributed by atoms with Gasteiger partial charge in [0.1, 0.15) is 6.61 Å². The van der Waals surface area contributed by atoms with E-state index in [1.54, 1.807) is 19.2 Å². The van der Waals surface area contributed by atoms with Crippen molar-refractivity contribution >= 4 is 34.9 Å². The summed E-state index contributed by atoms with van der Waals surface area (Å²) in [6.07, 6.45) is 1.82. The second kappa shape index (κ2) is 9.32. The number of hydrogen-bond donors (Lipinski definition) is 0. The molecule has 0 atom stereocenters. The number of methoxy groups -OCH3 is 1. The molecule has 3 aromatic rings. The molecule has 0 spiro atoms. The van der Waals surface area contributed by atoms with E-state index in [4.69, 9.17) is 32.7 Å². The van der Waals surface area contributed by atoms with E-state index < -0.39 is 0 Å². The lowest BCUT2D eigenvalue weighted by Gasteiger charge is -2.12. The number of nitriles is 1. The highest BCUT2D eigenvalue weighted by atomic mass is 35.5. The Kier molecular flexibility index (Phi) is 6.60. The van der Waals surface area contributed by atoms with Crippen molar-refractivity contribution in [1.29, 1.82) is 5.26 Å². The summed E-state index contributed by atoms with van der Waals surface area (Å²) in [5.74, 6) is 1.16. The first-order valence-corrected chi connectivity index (χ1v) is 9.28. The molecule has 5 heteroatoms. The summed E-state index contributed by atoms with van der Waals surface area (Å²) in [5, 5.41) is 10.6. The van der Waals surface area contributed by atoms with Crippen molar-refractivity contribution in [2.24, 2.45) is 0 Å². The Morgan fingerprint density at radius 2 is 1.79 bits per heavy atom. The molecule has 3 aromatic carbocycles. The van der Waals surface area contributed by atoms with E-state index in [2.05, 4.69) is 6.07 Å². The van der Waals surface area contributed by atoms with Crippen LogP contribution in [0.5, 0.6) is 11.5 Å². The van der Waals surface area contributed by atoms with Crippen LogP contribution in [-0.4, -0.2) is 7.11 Å². The van der Waals surface area contributed by atoms with Crippen molar-refractivity contribution in [3.8, 4) is 17.6 Å². The van der Waals surface area contributed by atoms with E-state index in [0.717, 1.165) is 16.7 Å². The van der Waals surface area contributed by atoms with Crippen molar-refractivity contribution in [3.63, 3.8) is 0 Å². The van der Waals surface area contributed by atoms with Crippen LogP contribution in [0.25, 0.3) is 11.6 Å². The number of hydrogen-bond acceptors (Lipinski definition) is 3. The number of rotatable bonds is 6. The molecular formula is C23H17Cl2NO2. The lowest BCUT2D eigenvalue weighted by Crippen LogP contribution is -1.98. The summed E-state index contributed by atoms with van der Waals surface area (Å²) in [6.45, 7) is 0.287. The SMILES string of the molecule is COc1cc(/C=C(/C#N)c2ccccc2)ccc1OCc1ccc(Cl)cc1Cl. The number of halogens is 2. The summed E-state index contributed by atoms with van der Waals surface area (Å²) >= 11 is 12.1. The van der Waals surface area contributed by atoms with Crippen LogP contribution < -0.4 is 9.47 Å². The normalized spacial score (nSPS) is 11.0. The van der Waals surface area contributed by atoms with Crippen LogP contribution in [0.3, 0.4) is 0 Å². The van der Waals surface area contributed by atoms with Gasteiger partial charge in [-0.1, -0.05) is 65.7 Å². The van der Waals surface area contributed by atoms with Crippen LogP contribution in [0, 0.1) is 11.3 Å². The number of allylic oxidation sites excluding steroid dienone is 1. The molecule has 0 aliphatic carbocycles. The summed E-state index contributed by atoms with van der Waals surface area (Å²) in [7, 11) is 1.58. The summed E-state index contributed by atoms with van der Waals surface area (Å²) < 4.78 is 11.3. The monoisotopic (exact) mass is 409 g/mol. The van der Waals surface area contributed by atoms with Crippen LogP contribution in [0.15, 0.2) is 66.7 Å². The first kappa shape index (κ1) is 19.8. The Morgan fingerprint density at radius 3 is 2.46 bits per heavy atom. The van der Waals surface area contributed by atoms with Gasteiger partial charge in [0.25, 0.3) is 0 Å². The second-order valence-electron chi connectivity index (χ2n) is 5.97. The molecule has 0 aromatic heterocycles. The van der Waals surface area contributed by atoms with Crippen LogP contribution in [-0.2, 0) is 6.61 Å². The van der Waals surface area contributed by atoms with Gasteiger partial charge < -0.3 is 9.47 Å². The standard InChI is InChI=1S/C23H17Cl2NO2/c1-27-23-12-16(11-19(14-26)17-5-3-2-4-6-17)7-10-22(23)28-15-18-8-9-20(24)13-21(18)25/h2-13H,15H2,1H3/b19-11-. The van der Waals surface area contributed by atoms with Crippen LogP contribution in [0.2, 0.25) is 10.0 Å². The van der Waals surface area contributed by atoms with Crippen LogP contribution in [0.1, 0.15) is 16.7 Å². The maximum absolute atomic E-state index is 9.48. The molecule has 0 aliphatic heterocycles. The van der Waals surface area contributed by atoms with Crippen molar-refractivity contribution < 1.29 is 9.47 Å². The fourth-order valence-electron chi connectivity index (χ4n) is 2.65. The molecule has 3 nitrogen and oxygen atoms in total. The maximum Gasteiger partial charge on any atom is 0.161 e. The average Bonchev–Trinajstić information content (AvgIpc) is 2.72. The van der Waals surface area contributed by atoms with Gasteiger partial charge in [0.05, 0.1) is 18.8 Å². The number of benzene rings is 3. The molecule has 0 unspecified atom stereocenters. The minimum absolute atomic E-state index is 0.287. The number of ether oxygens (including phenoxy) is 2. The summed E-state index contributed by atoms with van der Waals surface area (Å²) in [4.78, 5) is 0. The van der Waals surface area contributed by atoms with Gasteiger partial charge in [0.15, 0.2) is 11.5 Å². The lowest BCUT2D eigenvalue weighted by atomic mass is 10.0. The van der Waals surface area contributed by atoms with Crippen molar-refractivity contribution in [3.05, 3.63) is 93.5 Å². The first-order valence-electron chi connectivity index (χ1n) is 8.52. The summed E-state index contributed by atoms with van der Waals surface area (Å²) in [5.41, 5.74) is 3.10. The first-order chi connectivity index (χ1) is 13.6. The second-order valence-corrected chi connectivity index (χ2v) is 6.81. The topological polar surface area (TPSA) is 42.2 Å². The van der Waals surface area contributed by atoms with Crippen molar-refractivity contribution in [1.82, 2.24) is 0 Å². The van der Waals surface area contributed by atoms with E-state index in [-0.39, 0.29) is 6.61 Å². The smallest absolute Gasteiger partial charge is 0.161 e. The maximum atomic E-state index is 9.48. The van der Waals surface area contributed by atoms with Gasteiger partial charge in [0, 0.05) is 15.6 Å². The summed E-state index contributed by atoms with van der Waals surface area (Å²) in [6, 6.07) is 22.6. The molecule has 0 aliphatic rings. The minimum atomic E-state index is 0.287. The van der Waals surface area contributed by atoms with Crippen LogP contribution in [0.4, 0.5) is 0 Å². The highest BCUT2D eigenvalue weighted by Crippen LogP contribution is 2.31. The zero-order valence-electron chi connectivity index (χ0n) is 15.2. The molecule has 0 heterocycles. The van der Waals surface area contributed by atoms with Crippen molar-refractivity contribution in [2.45, 2.75) is 6.61 Å². The predicted molar refractivity (Wildman–Crippen MR) is 114 cm³/mol.